The molecule has 2 aromatic rings. The molecule has 0 spiro atoms. The van der Waals surface area contributed by atoms with Crippen molar-refractivity contribution in [3.8, 4) is 16.9 Å². The molecule has 1 aromatic carbocycles. The van der Waals surface area contributed by atoms with Gasteiger partial charge in [-0.3, -0.25) is 4.68 Å². The molecular weight excluding hydrogens is 250 g/mol. The molecule has 1 N–H and O–H groups in total. The molecule has 1 aromatic heterocycles. The van der Waals surface area contributed by atoms with Gasteiger partial charge in [-0.15, -0.1) is 0 Å². The first-order valence-electron chi connectivity index (χ1n) is 6.92. The Kier molecular flexibility index (Phi) is 4.45. The minimum Gasteiger partial charge on any atom is -0.496 e. The molecule has 1 heterocycles. The topological polar surface area (TPSA) is 39.1 Å². The highest BCUT2D eigenvalue weighted by atomic mass is 16.5. The van der Waals surface area contributed by atoms with Crippen molar-refractivity contribution in [3.05, 3.63) is 35.7 Å². The van der Waals surface area contributed by atoms with E-state index in [1.165, 1.54) is 16.7 Å². The Morgan fingerprint density at radius 3 is 2.65 bits per heavy atom. The molecule has 4 nitrogen and oxygen atoms in total. The molecule has 0 bridgehead atoms. The van der Waals surface area contributed by atoms with Crippen molar-refractivity contribution in [2.45, 2.75) is 33.4 Å². The molecule has 0 atom stereocenters. The van der Waals surface area contributed by atoms with Crippen molar-refractivity contribution in [1.82, 2.24) is 15.1 Å². The average molecular weight is 273 g/mol. The first-order chi connectivity index (χ1) is 9.52. The number of methoxy groups -OCH3 is 1. The third-order valence-corrected chi connectivity index (χ3v) is 3.53. The van der Waals surface area contributed by atoms with Crippen molar-refractivity contribution < 1.29 is 4.74 Å². The van der Waals surface area contributed by atoms with Gasteiger partial charge in [0.1, 0.15) is 5.75 Å². The van der Waals surface area contributed by atoms with E-state index in [1.54, 1.807) is 7.11 Å². The van der Waals surface area contributed by atoms with Crippen molar-refractivity contribution in [2.24, 2.45) is 7.05 Å². The SMILES string of the molecule is COc1ccc(-c2cnn(C)c2C)cc1CNC(C)C. The summed E-state index contributed by atoms with van der Waals surface area (Å²) in [4.78, 5) is 0. The molecule has 4 heteroatoms. The molecule has 108 valence electrons. The van der Waals surface area contributed by atoms with Gasteiger partial charge in [0.05, 0.1) is 13.3 Å². The Balaban J connectivity index is 2.36. The Hall–Kier alpha value is -1.81. The summed E-state index contributed by atoms with van der Waals surface area (Å²) >= 11 is 0. The van der Waals surface area contributed by atoms with Gasteiger partial charge >= 0.3 is 0 Å². The molecule has 0 radical (unpaired) electrons. The van der Waals surface area contributed by atoms with Crippen molar-refractivity contribution >= 4 is 0 Å². The van der Waals surface area contributed by atoms with Crippen LogP contribution in [0.25, 0.3) is 11.1 Å². The number of hydrogen-bond donors (Lipinski definition) is 1. The Morgan fingerprint density at radius 1 is 1.35 bits per heavy atom. The Morgan fingerprint density at radius 2 is 2.10 bits per heavy atom. The zero-order valence-corrected chi connectivity index (χ0v) is 12.9. The van der Waals surface area contributed by atoms with Gasteiger partial charge in [-0.05, 0) is 24.6 Å². The minimum atomic E-state index is 0.448. The highest BCUT2D eigenvalue weighted by molar-refractivity contribution is 5.67. The summed E-state index contributed by atoms with van der Waals surface area (Å²) in [5, 5.41) is 7.74. The lowest BCUT2D eigenvalue weighted by atomic mass is 10.0. The summed E-state index contributed by atoms with van der Waals surface area (Å²) in [6, 6.07) is 6.74. The van der Waals surface area contributed by atoms with Gasteiger partial charge in [0.15, 0.2) is 0 Å². The number of aromatic nitrogens is 2. The quantitative estimate of drug-likeness (QED) is 0.910. The van der Waals surface area contributed by atoms with Crippen LogP contribution in [-0.2, 0) is 13.6 Å². The zero-order chi connectivity index (χ0) is 14.7. The number of nitrogens with zero attached hydrogens (tertiary/aromatic N) is 2. The second kappa shape index (κ2) is 6.09. The smallest absolute Gasteiger partial charge is 0.123 e. The molecule has 2 rings (SSSR count). The normalized spacial score (nSPS) is 11.1. The van der Waals surface area contributed by atoms with E-state index < -0.39 is 0 Å². The monoisotopic (exact) mass is 273 g/mol. The first kappa shape index (κ1) is 14.6. The molecule has 20 heavy (non-hydrogen) atoms. The summed E-state index contributed by atoms with van der Waals surface area (Å²) < 4.78 is 7.34. The molecule has 0 aliphatic heterocycles. The summed E-state index contributed by atoms with van der Waals surface area (Å²) in [6.45, 7) is 7.16. The molecule has 0 saturated carbocycles. The van der Waals surface area contributed by atoms with Crippen LogP contribution in [0.1, 0.15) is 25.1 Å². The highest BCUT2D eigenvalue weighted by Gasteiger charge is 2.10. The predicted molar refractivity (Wildman–Crippen MR) is 81.9 cm³/mol. The lowest BCUT2D eigenvalue weighted by Crippen LogP contribution is -2.22. The summed E-state index contributed by atoms with van der Waals surface area (Å²) in [7, 11) is 3.67. The number of benzene rings is 1. The summed E-state index contributed by atoms with van der Waals surface area (Å²) in [6.07, 6.45) is 1.91. The van der Waals surface area contributed by atoms with E-state index >= 15 is 0 Å². The van der Waals surface area contributed by atoms with Gasteiger partial charge < -0.3 is 10.1 Å². The fraction of sp³-hybridized carbons (Fsp3) is 0.438. The van der Waals surface area contributed by atoms with Crippen molar-refractivity contribution in [3.63, 3.8) is 0 Å². The van der Waals surface area contributed by atoms with Crippen LogP contribution in [0.3, 0.4) is 0 Å². The molecule has 0 fully saturated rings. The van der Waals surface area contributed by atoms with Crippen LogP contribution in [0.2, 0.25) is 0 Å². The van der Waals surface area contributed by atoms with Crippen LogP contribution >= 0.6 is 0 Å². The van der Waals surface area contributed by atoms with Crippen LogP contribution in [-0.4, -0.2) is 22.9 Å². The van der Waals surface area contributed by atoms with Gasteiger partial charge in [-0.2, -0.15) is 5.10 Å². The molecule has 0 unspecified atom stereocenters. The van der Waals surface area contributed by atoms with Gasteiger partial charge in [-0.1, -0.05) is 19.9 Å². The highest BCUT2D eigenvalue weighted by Crippen LogP contribution is 2.28. The van der Waals surface area contributed by atoms with E-state index in [2.05, 4.69) is 43.3 Å². The number of aryl methyl sites for hydroxylation is 1. The van der Waals surface area contributed by atoms with E-state index in [0.29, 0.717) is 6.04 Å². The van der Waals surface area contributed by atoms with Gasteiger partial charge in [-0.25, -0.2) is 0 Å². The van der Waals surface area contributed by atoms with Crippen molar-refractivity contribution in [2.75, 3.05) is 7.11 Å². The maximum Gasteiger partial charge on any atom is 0.123 e. The molecular formula is C16H23N3O. The third-order valence-electron chi connectivity index (χ3n) is 3.53. The van der Waals surface area contributed by atoms with E-state index in [4.69, 9.17) is 4.74 Å². The van der Waals surface area contributed by atoms with E-state index in [0.717, 1.165) is 18.0 Å². The second-order valence-electron chi connectivity index (χ2n) is 5.33. The average Bonchev–Trinajstić information content (AvgIpc) is 2.76. The van der Waals surface area contributed by atoms with Crippen LogP contribution in [0.4, 0.5) is 0 Å². The van der Waals surface area contributed by atoms with Crippen LogP contribution in [0.15, 0.2) is 24.4 Å². The Labute approximate surface area is 120 Å². The maximum atomic E-state index is 5.44. The minimum absolute atomic E-state index is 0.448. The van der Waals surface area contributed by atoms with Gasteiger partial charge in [0.2, 0.25) is 0 Å². The van der Waals surface area contributed by atoms with E-state index in [1.807, 2.05) is 24.0 Å². The van der Waals surface area contributed by atoms with E-state index in [-0.39, 0.29) is 0 Å². The maximum absolute atomic E-state index is 5.44. The summed E-state index contributed by atoms with van der Waals surface area (Å²) in [5.41, 5.74) is 4.68. The molecule has 0 aliphatic rings. The van der Waals surface area contributed by atoms with E-state index in [9.17, 15) is 0 Å². The lowest BCUT2D eigenvalue weighted by molar-refractivity contribution is 0.406. The van der Waals surface area contributed by atoms with Gasteiger partial charge in [0.25, 0.3) is 0 Å². The fourth-order valence-electron chi connectivity index (χ4n) is 2.18. The Bertz CT molecular complexity index is 587. The number of rotatable bonds is 5. The lowest BCUT2D eigenvalue weighted by Gasteiger charge is -2.13. The van der Waals surface area contributed by atoms with Crippen LogP contribution in [0.5, 0.6) is 5.75 Å². The van der Waals surface area contributed by atoms with Crippen LogP contribution in [0, 0.1) is 6.92 Å². The number of nitrogens with one attached hydrogen (secondary N) is 1. The largest absolute Gasteiger partial charge is 0.496 e. The second-order valence-corrected chi connectivity index (χ2v) is 5.33. The summed E-state index contributed by atoms with van der Waals surface area (Å²) in [5.74, 6) is 0.920. The first-order valence-corrected chi connectivity index (χ1v) is 6.92. The predicted octanol–water partition coefficient (Wildman–Crippen LogP) is 2.90. The number of ether oxygens (including phenoxy) is 1. The zero-order valence-electron chi connectivity index (χ0n) is 12.9. The van der Waals surface area contributed by atoms with Gasteiger partial charge in [0, 0.05) is 36.5 Å². The number of hydrogen-bond acceptors (Lipinski definition) is 3. The van der Waals surface area contributed by atoms with Crippen LogP contribution < -0.4 is 10.1 Å². The third kappa shape index (κ3) is 3.02. The molecule has 0 saturated heterocycles. The van der Waals surface area contributed by atoms with Crippen molar-refractivity contribution in [1.29, 1.82) is 0 Å². The molecule has 0 aliphatic carbocycles. The fourth-order valence-corrected chi connectivity index (χ4v) is 2.18. The molecule has 0 amide bonds. The standard InChI is InChI=1S/C16H23N3O/c1-11(2)17-9-14-8-13(6-7-16(14)20-5)15-10-18-19(4)12(15)3/h6-8,10-11,17H,9H2,1-5H3.